The standard InChI is InChI=1S/C11H13NO5/c1-6(11(15)16)12-10(14)7-3-4-9(17-2)8(13)5-7/h3-6,13H,1-2H3,(H,12,14)(H,15,16)/t6-/m1/s1. The molecule has 0 saturated carbocycles. The second-order valence-corrected chi connectivity index (χ2v) is 3.42. The quantitative estimate of drug-likeness (QED) is 0.715. The van der Waals surface area contributed by atoms with Crippen LogP contribution in [-0.4, -0.2) is 35.2 Å². The van der Waals surface area contributed by atoms with Gasteiger partial charge < -0.3 is 20.3 Å². The highest BCUT2D eigenvalue weighted by molar-refractivity contribution is 5.97. The van der Waals surface area contributed by atoms with E-state index in [1.165, 1.54) is 32.2 Å². The van der Waals surface area contributed by atoms with E-state index in [1.807, 2.05) is 0 Å². The fourth-order valence-corrected chi connectivity index (χ4v) is 1.17. The molecule has 1 rings (SSSR count). The number of carboxylic acid groups (broad SMARTS) is 1. The Hall–Kier alpha value is -2.24. The number of aromatic hydroxyl groups is 1. The molecule has 0 aliphatic carbocycles. The third-order valence-corrected chi connectivity index (χ3v) is 2.16. The van der Waals surface area contributed by atoms with Crippen molar-refractivity contribution in [2.45, 2.75) is 13.0 Å². The SMILES string of the molecule is COc1ccc(C(=O)N[C@H](C)C(=O)O)cc1O. The maximum Gasteiger partial charge on any atom is 0.325 e. The molecule has 1 atom stereocenters. The Morgan fingerprint density at radius 1 is 1.41 bits per heavy atom. The Balaban J connectivity index is 2.83. The summed E-state index contributed by atoms with van der Waals surface area (Å²) in [7, 11) is 1.39. The van der Waals surface area contributed by atoms with E-state index in [-0.39, 0.29) is 17.1 Å². The number of phenols is 1. The number of carbonyl (C=O) groups excluding carboxylic acids is 1. The second kappa shape index (κ2) is 5.20. The van der Waals surface area contributed by atoms with Gasteiger partial charge in [-0.05, 0) is 25.1 Å². The molecule has 0 heterocycles. The highest BCUT2D eigenvalue weighted by Crippen LogP contribution is 2.26. The normalized spacial score (nSPS) is 11.6. The first-order chi connectivity index (χ1) is 7.95. The van der Waals surface area contributed by atoms with Crippen LogP contribution in [0.3, 0.4) is 0 Å². The first-order valence-corrected chi connectivity index (χ1v) is 4.86. The molecule has 0 saturated heterocycles. The summed E-state index contributed by atoms with van der Waals surface area (Å²) in [5, 5.41) is 20.4. The van der Waals surface area contributed by atoms with Gasteiger partial charge in [0.1, 0.15) is 6.04 Å². The molecule has 0 aliphatic rings. The maximum atomic E-state index is 11.6. The summed E-state index contributed by atoms with van der Waals surface area (Å²) in [4.78, 5) is 22.1. The van der Waals surface area contributed by atoms with Gasteiger partial charge in [0.15, 0.2) is 11.5 Å². The van der Waals surface area contributed by atoms with Crippen LogP contribution in [-0.2, 0) is 4.79 Å². The van der Waals surface area contributed by atoms with Gasteiger partial charge in [0.05, 0.1) is 7.11 Å². The molecule has 0 aliphatic heterocycles. The molecule has 1 aromatic carbocycles. The third-order valence-electron chi connectivity index (χ3n) is 2.16. The zero-order chi connectivity index (χ0) is 13.0. The zero-order valence-corrected chi connectivity index (χ0v) is 9.43. The smallest absolute Gasteiger partial charge is 0.325 e. The van der Waals surface area contributed by atoms with Crippen LogP contribution >= 0.6 is 0 Å². The number of ether oxygens (including phenoxy) is 1. The van der Waals surface area contributed by atoms with Gasteiger partial charge in [-0.15, -0.1) is 0 Å². The van der Waals surface area contributed by atoms with Crippen molar-refractivity contribution in [1.29, 1.82) is 0 Å². The summed E-state index contributed by atoms with van der Waals surface area (Å²) in [6, 6.07) is 3.08. The number of hydrogen-bond acceptors (Lipinski definition) is 4. The van der Waals surface area contributed by atoms with Crippen molar-refractivity contribution >= 4 is 11.9 Å². The van der Waals surface area contributed by atoms with Crippen molar-refractivity contribution in [3.05, 3.63) is 23.8 Å². The molecule has 0 radical (unpaired) electrons. The first kappa shape index (κ1) is 12.8. The highest BCUT2D eigenvalue weighted by atomic mass is 16.5. The van der Waals surface area contributed by atoms with Crippen molar-refractivity contribution in [3.63, 3.8) is 0 Å². The van der Waals surface area contributed by atoms with Crippen LogP contribution in [0.15, 0.2) is 18.2 Å². The number of carboxylic acids is 1. The molecule has 3 N–H and O–H groups in total. The van der Waals surface area contributed by atoms with Gasteiger partial charge in [-0.2, -0.15) is 0 Å². The number of phenolic OH excluding ortho intramolecular Hbond substituents is 1. The number of hydrogen-bond donors (Lipinski definition) is 3. The van der Waals surface area contributed by atoms with Crippen LogP contribution in [0.2, 0.25) is 0 Å². The van der Waals surface area contributed by atoms with E-state index in [1.54, 1.807) is 0 Å². The molecule has 6 nitrogen and oxygen atoms in total. The average Bonchev–Trinajstić information content (AvgIpc) is 2.28. The van der Waals surface area contributed by atoms with Crippen molar-refractivity contribution < 1.29 is 24.5 Å². The third kappa shape index (κ3) is 3.10. The summed E-state index contributed by atoms with van der Waals surface area (Å²) in [6.07, 6.45) is 0. The monoisotopic (exact) mass is 239 g/mol. The predicted octanol–water partition coefficient (Wildman–Crippen LogP) is 0.604. The van der Waals surface area contributed by atoms with E-state index >= 15 is 0 Å². The predicted molar refractivity (Wildman–Crippen MR) is 59.2 cm³/mol. The summed E-state index contributed by atoms with van der Waals surface area (Å²) >= 11 is 0. The molecular formula is C11H13NO5. The molecule has 1 amide bonds. The van der Waals surface area contributed by atoms with Gasteiger partial charge in [0.2, 0.25) is 0 Å². The molecule has 0 aromatic heterocycles. The first-order valence-electron chi connectivity index (χ1n) is 4.86. The van der Waals surface area contributed by atoms with Crippen LogP contribution in [0.4, 0.5) is 0 Å². The number of amides is 1. The lowest BCUT2D eigenvalue weighted by atomic mass is 10.1. The molecule has 6 heteroatoms. The summed E-state index contributed by atoms with van der Waals surface area (Å²) in [5.74, 6) is -1.63. The zero-order valence-electron chi connectivity index (χ0n) is 9.43. The minimum absolute atomic E-state index is 0.163. The van der Waals surface area contributed by atoms with Crippen LogP contribution in [0.5, 0.6) is 11.5 Å². The summed E-state index contributed by atoms with van der Waals surface area (Å²) < 4.78 is 4.82. The largest absolute Gasteiger partial charge is 0.504 e. The molecule has 0 unspecified atom stereocenters. The Bertz CT molecular complexity index is 443. The van der Waals surface area contributed by atoms with Crippen molar-refractivity contribution in [2.24, 2.45) is 0 Å². The van der Waals surface area contributed by atoms with Crippen LogP contribution < -0.4 is 10.1 Å². The fraction of sp³-hybridized carbons (Fsp3) is 0.273. The number of nitrogens with one attached hydrogen (secondary N) is 1. The van der Waals surface area contributed by atoms with Crippen molar-refractivity contribution in [2.75, 3.05) is 7.11 Å². The number of carbonyl (C=O) groups is 2. The van der Waals surface area contributed by atoms with Gasteiger partial charge in [0, 0.05) is 5.56 Å². The molecule has 92 valence electrons. The Kier molecular flexibility index (Phi) is 3.92. The molecule has 1 aromatic rings. The number of benzene rings is 1. The Morgan fingerprint density at radius 3 is 2.53 bits per heavy atom. The van der Waals surface area contributed by atoms with Gasteiger partial charge in [-0.3, -0.25) is 9.59 Å². The molecule has 0 spiro atoms. The van der Waals surface area contributed by atoms with E-state index in [0.717, 1.165) is 0 Å². The van der Waals surface area contributed by atoms with Crippen LogP contribution in [0, 0.1) is 0 Å². The minimum atomic E-state index is -1.13. The lowest BCUT2D eigenvalue weighted by Gasteiger charge is -2.10. The van der Waals surface area contributed by atoms with E-state index in [4.69, 9.17) is 9.84 Å². The van der Waals surface area contributed by atoms with Gasteiger partial charge in [-0.1, -0.05) is 0 Å². The number of rotatable bonds is 4. The molecule has 0 bridgehead atoms. The Morgan fingerprint density at radius 2 is 2.06 bits per heavy atom. The number of aliphatic carboxylic acids is 1. The average molecular weight is 239 g/mol. The number of methoxy groups -OCH3 is 1. The Labute approximate surface area is 97.8 Å². The van der Waals surface area contributed by atoms with Gasteiger partial charge in [-0.25, -0.2) is 0 Å². The van der Waals surface area contributed by atoms with E-state index in [9.17, 15) is 14.7 Å². The lowest BCUT2D eigenvalue weighted by molar-refractivity contribution is -0.138. The van der Waals surface area contributed by atoms with Gasteiger partial charge >= 0.3 is 5.97 Å². The maximum absolute atomic E-state index is 11.6. The lowest BCUT2D eigenvalue weighted by Crippen LogP contribution is -2.38. The van der Waals surface area contributed by atoms with Gasteiger partial charge in [0.25, 0.3) is 5.91 Å². The summed E-state index contributed by atoms with van der Waals surface area (Å²) in [5.41, 5.74) is 0.163. The fourth-order valence-electron chi connectivity index (χ4n) is 1.17. The summed E-state index contributed by atoms with van der Waals surface area (Å²) in [6.45, 7) is 1.35. The van der Waals surface area contributed by atoms with Crippen LogP contribution in [0.1, 0.15) is 17.3 Å². The molecule has 17 heavy (non-hydrogen) atoms. The van der Waals surface area contributed by atoms with E-state index < -0.39 is 17.9 Å². The van der Waals surface area contributed by atoms with E-state index in [0.29, 0.717) is 0 Å². The molecular weight excluding hydrogens is 226 g/mol. The topological polar surface area (TPSA) is 95.9 Å². The minimum Gasteiger partial charge on any atom is -0.504 e. The molecule has 0 fully saturated rings. The van der Waals surface area contributed by atoms with Crippen molar-refractivity contribution in [3.8, 4) is 11.5 Å². The highest BCUT2D eigenvalue weighted by Gasteiger charge is 2.16. The second-order valence-electron chi connectivity index (χ2n) is 3.42. The van der Waals surface area contributed by atoms with E-state index in [2.05, 4.69) is 5.32 Å². The van der Waals surface area contributed by atoms with Crippen molar-refractivity contribution in [1.82, 2.24) is 5.32 Å². The van der Waals surface area contributed by atoms with Crippen LogP contribution in [0.25, 0.3) is 0 Å².